The highest BCUT2D eigenvalue weighted by Crippen LogP contribution is 2.67. The van der Waals surface area contributed by atoms with E-state index in [9.17, 15) is 33.4 Å². The summed E-state index contributed by atoms with van der Waals surface area (Å²) in [6.45, 7) is -0.885. The van der Waals surface area contributed by atoms with E-state index in [4.69, 9.17) is 14.4 Å². The normalized spacial score (nSPS) is 28.6. The number of aliphatic hydroxyl groups is 1. The Morgan fingerprint density at radius 2 is 1.73 bits per heavy atom. The second kappa shape index (κ2) is 10.7. The predicted molar refractivity (Wildman–Crippen MR) is 108 cm³/mol. The van der Waals surface area contributed by atoms with Gasteiger partial charge in [-0.05, 0) is 6.07 Å². The van der Waals surface area contributed by atoms with Crippen LogP contribution in [-0.2, 0) is 40.8 Å². The molecule has 0 bridgehead atoms. The number of anilines is 1. The van der Waals surface area contributed by atoms with Gasteiger partial charge >= 0.3 is 29.2 Å². The first kappa shape index (κ1) is 28.2. The second-order valence-electron chi connectivity index (χ2n) is 6.67. The fraction of sp³-hybridized carbons (Fsp3) is 0.692. The molecule has 1 aromatic rings. The molecule has 0 radical (unpaired) electrons. The third-order valence-corrected chi connectivity index (χ3v) is 8.42. The van der Waals surface area contributed by atoms with Gasteiger partial charge in [0.2, 0.25) is 0 Å². The van der Waals surface area contributed by atoms with Crippen LogP contribution in [0.5, 0.6) is 0 Å². The molecule has 1 aromatic heterocycles. The van der Waals surface area contributed by atoms with Gasteiger partial charge in [-0.2, -0.15) is 13.6 Å². The molecule has 17 nitrogen and oxygen atoms in total. The summed E-state index contributed by atoms with van der Waals surface area (Å²) in [5.41, 5.74) is -0.733. The Morgan fingerprint density at radius 1 is 1.12 bits per heavy atom. The number of hydrogen-bond acceptors (Lipinski definition) is 13. The SMILES string of the molecule is COC1C(O)C(COP(=O)(O)OP(=O)(O)OP(=O)(O)OC)OC1n1ccc(N(C)C)nc1=O. The standard InChI is InChI=1S/C13H24N3O14P3/c1-15(2)9-5-6-16(13(18)14-9)12-11(25-3)10(17)8(28-12)7-27-32(21,22)30-33(23,24)29-31(19,20)26-4/h5-6,8,10-12,17H,7H2,1-4H3,(H,19,20)(H,21,22)(H,23,24). The lowest BCUT2D eigenvalue weighted by Crippen LogP contribution is -2.37. The molecule has 1 saturated heterocycles. The molecule has 1 fully saturated rings. The van der Waals surface area contributed by atoms with E-state index in [0.717, 1.165) is 4.57 Å². The lowest BCUT2D eigenvalue weighted by Gasteiger charge is -2.21. The molecule has 7 atom stereocenters. The Morgan fingerprint density at radius 3 is 2.24 bits per heavy atom. The van der Waals surface area contributed by atoms with Gasteiger partial charge in [0.1, 0.15) is 24.1 Å². The van der Waals surface area contributed by atoms with Crippen LogP contribution >= 0.6 is 23.5 Å². The largest absolute Gasteiger partial charge is 0.490 e. The van der Waals surface area contributed by atoms with Crippen molar-refractivity contribution in [2.45, 2.75) is 24.5 Å². The average molecular weight is 539 g/mol. The molecule has 0 aromatic carbocycles. The van der Waals surface area contributed by atoms with Crippen LogP contribution in [0.1, 0.15) is 6.23 Å². The Kier molecular flexibility index (Phi) is 9.15. The topological polar surface area (TPSA) is 226 Å². The minimum absolute atomic E-state index is 0.360. The van der Waals surface area contributed by atoms with E-state index in [1.807, 2.05) is 0 Å². The van der Waals surface area contributed by atoms with Gasteiger partial charge in [-0.25, -0.2) is 18.5 Å². The number of methoxy groups -OCH3 is 1. The van der Waals surface area contributed by atoms with E-state index >= 15 is 0 Å². The van der Waals surface area contributed by atoms with Crippen LogP contribution in [0.3, 0.4) is 0 Å². The van der Waals surface area contributed by atoms with E-state index in [1.165, 1.54) is 19.4 Å². The summed E-state index contributed by atoms with van der Waals surface area (Å²) in [4.78, 5) is 45.9. The minimum Gasteiger partial charge on any atom is -0.387 e. The number of nitrogens with zero attached hydrogens (tertiary/aromatic N) is 3. The zero-order valence-corrected chi connectivity index (χ0v) is 20.4. The van der Waals surface area contributed by atoms with Gasteiger partial charge in [0.15, 0.2) is 6.23 Å². The number of phosphoric ester groups is 2. The van der Waals surface area contributed by atoms with Crippen LogP contribution < -0.4 is 10.6 Å². The Balaban J connectivity index is 2.11. The van der Waals surface area contributed by atoms with Gasteiger partial charge < -0.3 is 34.2 Å². The van der Waals surface area contributed by atoms with E-state index in [1.54, 1.807) is 19.0 Å². The summed E-state index contributed by atoms with van der Waals surface area (Å²) in [6, 6.07) is 1.50. The molecular weight excluding hydrogens is 515 g/mol. The highest BCUT2D eigenvalue weighted by atomic mass is 31.3. The summed E-state index contributed by atoms with van der Waals surface area (Å²) in [7, 11) is -10.8. The smallest absolute Gasteiger partial charge is 0.387 e. The fourth-order valence-electron chi connectivity index (χ4n) is 2.68. The van der Waals surface area contributed by atoms with Crippen LogP contribution in [0.25, 0.3) is 0 Å². The molecule has 7 unspecified atom stereocenters. The number of rotatable bonds is 11. The number of phosphoric acid groups is 3. The highest BCUT2D eigenvalue weighted by molar-refractivity contribution is 7.66. The number of aliphatic hydroxyl groups excluding tert-OH is 1. The summed E-state index contributed by atoms with van der Waals surface area (Å²) < 4.78 is 62.7. The zero-order chi connectivity index (χ0) is 25.2. The molecule has 190 valence electrons. The van der Waals surface area contributed by atoms with Crippen molar-refractivity contribution >= 4 is 29.3 Å². The van der Waals surface area contributed by atoms with Gasteiger partial charge in [-0.15, -0.1) is 0 Å². The number of ether oxygens (including phenoxy) is 2. The monoisotopic (exact) mass is 539 g/mol. The Labute approximate surface area is 187 Å². The number of aromatic nitrogens is 2. The molecular formula is C13H24N3O14P3. The first-order chi connectivity index (χ1) is 15.1. The van der Waals surface area contributed by atoms with Crippen molar-refractivity contribution in [3.8, 4) is 0 Å². The van der Waals surface area contributed by atoms with Crippen molar-refractivity contribution < 1.29 is 60.6 Å². The van der Waals surface area contributed by atoms with Gasteiger partial charge in [0.25, 0.3) is 0 Å². The highest BCUT2D eigenvalue weighted by Gasteiger charge is 2.47. The fourth-order valence-corrected chi connectivity index (χ4v) is 5.95. The lowest BCUT2D eigenvalue weighted by molar-refractivity contribution is -0.0619. The van der Waals surface area contributed by atoms with E-state index in [0.29, 0.717) is 12.9 Å². The molecule has 0 spiro atoms. The first-order valence-corrected chi connectivity index (χ1v) is 13.3. The van der Waals surface area contributed by atoms with Crippen molar-refractivity contribution in [2.75, 3.05) is 39.8 Å². The maximum absolute atomic E-state index is 12.4. The quantitative estimate of drug-likeness (QED) is 0.262. The van der Waals surface area contributed by atoms with Crippen LogP contribution in [-0.4, -0.2) is 82.6 Å². The third-order valence-electron chi connectivity index (χ3n) is 4.18. The summed E-state index contributed by atoms with van der Waals surface area (Å²) >= 11 is 0. The van der Waals surface area contributed by atoms with Crippen molar-refractivity contribution in [2.24, 2.45) is 0 Å². The van der Waals surface area contributed by atoms with Crippen LogP contribution in [0.4, 0.5) is 5.82 Å². The Hall–Kier alpha value is -1.03. The van der Waals surface area contributed by atoms with Crippen molar-refractivity contribution in [1.29, 1.82) is 0 Å². The maximum atomic E-state index is 12.4. The van der Waals surface area contributed by atoms with Crippen LogP contribution in [0, 0.1) is 0 Å². The first-order valence-electron chi connectivity index (χ1n) is 8.85. The molecule has 4 N–H and O–H groups in total. The molecule has 1 aliphatic heterocycles. The molecule has 0 aliphatic carbocycles. The van der Waals surface area contributed by atoms with Gasteiger partial charge in [-0.3, -0.25) is 13.6 Å². The average Bonchev–Trinajstić information content (AvgIpc) is 2.99. The van der Waals surface area contributed by atoms with Crippen molar-refractivity contribution in [3.63, 3.8) is 0 Å². The predicted octanol–water partition coefficient (Wildman–Crippen LogP) is -0.420. The molecule has 0 saturated carbocycles. The lowest BCUT2D eigenvalue weighted by atomic mass is 10.1. The zero-order valence-electron chi connectivity index (χ0n) is 17.7. The molecule has 20 heteroatoms. The summed E-state index contributed by atoms with van der Waals surface area (Å²) in [5, 5.41) is 10.4. The van der Waals surface area contributed by atoms with E-state index in [-0.39, 0.29) is 0 Å². The molecule has 1 aliphatic rings. The molecule has 33 heavy (non-hydrogen) atoms. The van der Waals surface area contributed by atoms with Gasteiger partial charge in [0, 0.05) is 34.5 Å². The van der Waals surface area contributed by atoms with E-state index < -0.39 is 60.3 Å². The maximum Gasteiger partial charge on any atom is 0.490 e. The Bertz CT molecular complexity index is 1030. The van der Waals surface area contributed by atoms with Gasteiger partial charge in [-0.1, -0.05) is 0 Å². The van der Waals surface area contributed by atoms with Gasteiger partial charge in [0.05, 0.1) is 6.61 Å². The molecule has 2 heterocycles. The minimum atomic E-state index is -5.59. The van der Waals surface area contributed by atoms with Crippen molar-refractivity contribution in [3.05, 3.63) is 22.7 Å². The van der Waals surface area contributed by atoms with Crippen LogP contribution in [0.15, 0.2) is 17.1 Å². The van der Waals surface area contributed by atoms with E-state index in [2.05, 4.69) is 22.7 Å². The third kappa shape index (κ3) is 7.47. The summed E-state index contributed by atoms with van der Waals surface area (Å²) in [6.07, 6.45) is -3.84. The second-order valence-corrected chi connectivity index (χ2v) is 11.4. The molecule has 2 rings (SSSR count). The van der Waals surface area contributed by atoms with Crippen molar-refractivity contribution in [1.82, 2.24) is 9.55 Å². The summed E-state index contributed by atoms with van der Waals surface area (Å²) in [5.74, 6) is 0.360. The number of hydrogen-bond donors (Lipinski definition) is 4. The molecule has 0 amide bonds. The van der Waals surface area contributed by atoms with Crippen LogP contribution in [0.2, 0.25) is 0 Å².